The van der Waals surface area contributed by atoms with Gasteiger partial charge in [0.25, 0.3) is 5.91 Å². The Kier molecular flexibility index (Phi) is 11.0. The highest BCUT2D eigenvalue weighted by atomic mass is 16.1. The van der Waals surface area contributed by atoms with E-state index in [2.05, 4.69) is 45.2 Å². The van der Waals surface area contributed by atoms with Gasteiger partial charge in [-0.05, 0) is 63.1 Å². The van der Waals surface area contributed by atoms with Gasteiger partial charge in [-0.15, -0.1) is 0 Å². The van der Waals surface area contributed by atoms with Crippen molar-refractivity contribution < 1.29 is 4.79 Å². The molecule has 1 saturated heterocycles. The van der Waals surface area contributed by atoms with Crippen molar-refractivity contribution in [3.05, 3.63) is 35.4 Å². The minimum atomic E-state index is 0.0199. The van der Waals surface area contributed by atoms with Crippen molar-refractivity contribution in [1.29, 1.82) is 0 Å². The zero-order valence-corrected chi connectivity index (χ0v) is 16.9. The van der Waals surface area contributed by atoms with E-state index in [0.29, 0.717) is 0 Å². The van der Waals surface area contributed by atoms with E-state index in [1.54, 1.807) is 0 Å². The highest BCUT2D eigenvalue weighted by Gasteiger charge is 2.08. The fourth-order valence-corrected chi connectivity index (χ4v) is 3.19. The Balaban J connectivity index is 1.84. The number of hydrogen-bond acceptors (Lipinski definition) is 5. The Bertz CT molecular complexity index is 506. The molecule has 6 heteroatoms. The topological polar surface area (TPSA) is 68.4 Å². The van der Waals surface area contributed by atoms with E-state index in [1.165, 1.54) is 12.0 Å². The van der Waals surface area contributed by atoms with Gasteiger partial charge in [0.05, 0.1) is 0 Å². The molecule has 4 N–H and O–H groups in total. The Hall–Kier alpha value is -1.47. The van der Waals surface area contributed by atoms with Crippen LogP contribution in [0.5, 0.6) is 0 Å². The molecule has 1 fully saturated rings. The molecule has 27 heavy (non-hydrogen) atoms. The SMILES string of the molecule is CCCNC(=O)c1ccc(CN2CCCNCCNCCCNCC2)cc1. The molecule has 152 valence electrons. The van der Waals surface area contributed by atoms with Gasteiger partial charge < -0.3 is 21.3 Å². The van der Waals surface area contributed by atoms with Crippen molar-refractivity contribution in [3.63, 3.8) is 0 Å². The minimum Gasteiger partial charge on any atom is -0.352 e. The summed E-state index contributed by atoms with van der Waals surface area (Å²) in [6.07, 6.45) is 3.28. The number of rotatable bonds is 5. The maximum Gasteiger partial charge on any atom is 0.251 e. The normalized spacial score (nSPS) is 18.6. The van der Waals surface area contributed by atoms with Crippen LogP contribution in [0, 0.1) is 0 Å². The lowest BCUT2D eigenvalue weighted by molar-refractivity contribution is 0.0953. The molecule has 0 aromatic heterocycles. The molecule has 0 aliphatic carbocycles. The molecular weight excluding hydrogens is 338 g/mol. The Morgan fingerprint density at radius 2 is 1.59 bits per heavy atom. The van der Waals surface area contributed by atoms with Crippen molar-refractivity contribution in [1.82, 2.24) is 26.2 Å². The molecule has 0 spiro atoms. The zero-order valence-electron chi connectivity index (χ0n) is 16.9. The molecule has 0 unspecified atom stereocenters. The maximum absolute atomic E-state index is 12.0. The van der Waals surface area contributed by atoms with E-state index >= 15 is 0 Å². The molecule has 1 aromatic rings. The van der Waals surface area contributed by atoms with E-state index in [-0.39, 0.29) is 5.91 Å². The molecular formula is C21H37N5O. The quantitative estimate of drug-likeness (QED) is 0.623. The lowest BCUT2D eigenvalue weighted by Crippen LogP contribution is -2.36. The standard InChI is InChI=1S/C21H37N5O/c1-2-9-25-21(27)20-7-5-19(6-8-20)18-26-16-4-12-23-14-13-22-10-3-11-24-15-17-26/h5-8,22-24H,2-4,9-18H2,1H3,(H,25,27). The van der Waals surface area contributed by atoms with Crippen molar-refractivity contribution in [3.8, 4) is 0 Å². The van der Waals surface area contributed by atoms with E-state index in [4.69, 9.17) is 0 Å². The Morgan fingerprint density at radius 3 is 2.30 bits per heavy atom. The van der Waals surface area contributed by atoms with Crippen LogP contribution in [0.4, 0.5) is 0 Å². The second-order valence-electron chi connectivity index (χ2n) is 7.19. The van der Waals surface area contributed by atoms with Crippen LogP contribution < -0.4 is 21.3 Å². The number of nitrogens with zero attached hydrogens (tertiary/aromatic N) is 1. The Labute approximate surface area is 164 Å². The highest BCUT2D eigenvalue weighted by molar-refractivity contribution is 5.94. The van der Waals surface area contributed by atoms with Crippen LogP contribution in [0.2, 0.25) is 0 Å². The third-order valence-corrected chi connectivity index (χ3v) is 4.78. The summed E-state index contributed by atoms with van der Waals surface area (Å²) in [5.41, 5.74) is 2.01. The molecule has 1 aromatic carbocycles. The molecule has 2 rings (SSSR count). The van der Waals surface area contributed by atoms with Crippen LogP contribution in [0.25, 0.3) is 0 Å². The molecule has 0 saturated carbocycles. The van der Waals surface area contributed by atoms with E-state index < -0.39 is 0 Å². The van der Waals surface area contributed by atoms with E-state index in [0.717, 1.165) is 83.9 Å². The number of hydrogen-bond donors (Lipinski definition) is 4. The van der Waals surface area contributed by atoms with E-state index in [1.807, 2.05) is 12.1 Å². The largest absolute Gasteiger partial charge is 0.352 e. The number of amides is 1. The minimum absolute atomic E-state index is 0.0199. The van der Waals surface area contributed by atoms with Gasteiger partial charge in [-0.1, -0.05) is 19.1 Å². The number of nitrogens with one attached hydrogen (secondary N) is 4. The van der Waals surface area contributed by atoms with Crippen molar-refractivity contribution >= 4 is 5.91 Å². The molecule has 1 aliphatic rings. The smallest absolute Gasteiger partial charge is 0.251 e. The molecule has 0 radical (unpaired) electrons. The first kappa shape index (κ1) is 21.8. The summed E-state index contributed by atoms with van der Waals surface area (Å²) >= 11 is 0. The summed E-state index contributed by atoms with van der Waals surface area (Å²) in [6.45, 7) is 12.2. The van der Waals surface area contributed by atoms with Gasteiger partial charge in [0.1, 0.15) is 0 Å². The van der Waals surface area contributed by atoms with Crippen LogP contribution in [-0.2, 0) is 6.54 Å². The van der Waals surface area contributed by atoms with Crippen LogP contribution >= 0.6 is 0 Å². The zero-order chi connectivity index (χ0) is 19.2. The van der Waals surface area contributed by atoms with Crippen molar-refractivity contribution in [2.24, 2.45) is 0 Å². The fourth-order valence-electron chi connectivity index (χ4n) is 3.19. The first-order valence-corrected chi connectivity index (χ1v) is 10.5. The summed E-state index contributed by atoms with van der Waals surface area (Å²) in [6, 6.07) is 8.06. The lowest BCUT2D eigenvalue weighted by atomic mass is 10.1. The third-order valence-electron chi connectivity index (χ3n) is 4.78. The van der Waals surface area contributed by atoms with Crippen molar-refractivity contribution in [2.45, 2.75) is 32.7 Å². The summed E-state index contributed by atoms with van der Waals surface area (Å²) in [5.74, 6) is 0.0199. The fraction of sp³-hybridized carbons (Fsp3) is 0.667. The number of benzene rings is 1. The summed E-state index contributed by atoms with van der Waals surface area (Å²) < 4.78 is 0. The average molecular weight is 376 g/mol. The van der Waals surface area contributed by atoms with Crippen LogP contribution in [0.1, 0.15) is 42.1 Å². The molecule has 1 heterocycles. The number of carbonyl (C=O) groups is 1. The van der Waals surface area contributed by atoms with Gasteiger partial charge in [-0.25, -0.2) is 0 Å². The summed E-state index contributed by atoms with van der Waals surface area (Å²) in [5, 5.41) is 13.5. The monoisotopic (exact) mass is 375 g/mol. The van der Waals surface area contributed by atoms with Crippen LogP contribution in [-0.4, -0.2) is 69.7 Å². The molecule has 1 aliphatic heterocycles. The molecule has 6 nitrogen and oxygen atoms in total. The highest BCUT2D eigenvalue weighted by Crippen LogP contribution is 2.08. The lowest BCUT2D eigenvalue weighted by Gasteiger charge is -2.23. The van der Waals surface area contributed by atoms with Gasteiger partial charge in [-0.3, -0.25) is 9.69 Å². The van der Waals surface area contributed by atoms with Gasteiger partial charge in [-0.2, -0.15) is 0 Å². The summed E-state index contributed by atoms with van der Waals surface area (Å²) in [7, 11) is 0. The maximum atomic E-state index is 12.0. The second kappa shape index (κ2) is 13.7. The summed E-state index contributed by atoms with van der Waals surface area (Å²) in [4.78, 5) is 14.5. The molecule has 0 atom stereocenters. The first-order chi connectivity index (χ1) is 13.3. The molecule has 1 amide bonds. The van der Waals surface area contributed by atoms with Gasteiger partial charge >= 0.3 is 0 Å². The Morgan fingerprint density at radius 1 is 0.926 bits per heavy atom. The molecule has 0 bridgehead atoms. The van der Waals surface area contributed by atoms with Gasteiger partial charge in [0.2, 0.25) is 0 Å². The third kappa shape index (κ3) is 9.33. The van der Waals surface area contributed by atoms with E-state index in [9.17, 15) is 4.79 Å². The predicted molar refractivity (Wildman–Crippen MR) is 112 cm³/mol. The number of carbonyl (C=O) groups excluding carboxylic acids is 1. The van der Waals surface area contributed by atoms with Crippen LogP contribution in [0.15, 0.2) is 24.3 Å². The average Bonchev–Trinajstić information content (AvgIpc) is 2.69. The van der Waals surface area contributed by atoms with Gasteiger partial charge in [0, 0.05) is 44.8 Å². The predicted octanol–water partition coefficient (Wildman–Crippen LogP) is 1.19. The second-order valence-corrected chi connectivity index (χ2v) is 7.19. The van der Waals surface area contributed by atoms with Crippen molar-refractivity contribution in [2.75, 3.05) is 58.9 Å². The first-order valence-electron chi connectivity index (χ1n) is 10.5. The van der Waals surface area contributed by atoms with Gasteiger partial charge in [0.15, 0.2) is 0 Å². The van der Waals surface area contributed by atoms with Crippen LogP contribution in [0.3, 0.4) is 0 Å².